The van der Waals surface area contributed by atoms with E-state index < -0.39 is 0 Å². The van der Waals surface area contributed by atoms with Crippen LogP contribution < -0.4 is 14.8 Å². The van der Waals surface area contributed by atoms with Gasteiger partial charge in [-0.3, -0.25) is 0 Å². The van der Waals surface area contributed by atoms with Crippen LogP contribution in [-0.2, 0) is 13.1 Å². The maximum atomic E-state index is 5.88. The minimum Gasteiger partial charge on any atom is -0.497 e. The van der Waals surface area contributed by atoms with E-state index in [9.17, 15) is 0 Å². The first-order valence-electron chi connectivity index (χ1n) is 8.10. The van der Waals surface area contributed by atoms with Crippen LogP contribution >= 0.6 is 0 Å². The summed E-state index contributed by atoms with van der Waals surface area (Å²) in [6.45, 7) is 1.85. The number of nitrogens with two attached hydrogens (primary N) is 1. The van der Waals surface area contributed by atoms with Crippen LogP contribution in [0.15, 0.2) is 78.9 Å². The molecule has 0 saturated carbocycles. The molecule has 3 rings (SSSR count). The molecule has 3 nitrogen and oxygen atoms in total. The van der Waals surface area contributed by atoms with E-state index in [2.05, 4.69) is 29.6 Å². The molecule has 3 aromatic carbocycles. The number of quaternary nitrogens is 1. The highest BCUT2D eigenvalue weighted by Crippen LogP contribution is 2.21. The Labute approximate surface area is 142 Å². The topological polar surface area (TPSA) is 35.1 Å². The summed E-state index contributed by atoms with van der Waals surface area (Å²) in [5.41, 5.74) is 2.53. The van der Waals surface area contributed by atoms with Crippen molar-refractivity contribution in [1.82, 2.24) is 0 Å². The minimum atomic E-state index is 0.858. The van der Waals surface area contributed by atoms with Crippen LogP contribution in [0.25, 0.3) is 0 Å². The smallest absolute Gasteiger partial charge is 0.127 e. The van der Waals surface area contributed by atoms with Gasteiger partial charge >= 0.3 is 0 Å². The van der Waals surface area contributed by atoms with Gasteiger partial charge in [0, 0.05) is 11.1 Å². The lowest BCUT2D eigenvalue weighted by molar-refractivity contribution is -0.686. The highest BCUT2D eigenvalue weighted by molar-refractivity contribution is 5.33. The predicted octanol–water partition coefficient (Wildman–Crippen LogP) is 3.75. The molecular formula is C21H22NO2+. The van der Waals surface area contributed by atoms with E-state index in [1.54, 1.807) is 7.11 Å². The third kappa shape index (κ3) is 4.61. The second-order valence-corrected chi connectivity index (χ2v) is 5.61. The summed E-state index contributed by atoms with van der Waals surface area (Å²) in [6, 6.07) is 26.3. The molecule has 122 valence electrons. The quantitative estimate of drug-likeness (QED) is 0.719. The Bertz CT molecular complexity index is 754. The Hall–Kier alpha value is -2.78. The highest BCUT2D eigenvalue weighted by Gasteiger charge is 2.02. The van der Waals surface area contributed by atoms with Gasteiger partial charge in [0.05, 0.1) is 7.11 Å². The van der Waals surface area contributed by atoms with Crippen molar-refractivity contribution in [2.24, 2.45) is 0 Å². The summed E-state index contributed by atoms with van der Waals surface area (Å²) in [6.07, 6.45) is 0. The molecule has 3 heteroatoms. The summed E-state index contributed by atoms with van der Waals surface area (Å²) in [5, 5.41) is 2.28. The fourth-order valence-corrected chi connectivity index (χ4v) is 2.53. The summed E-state index contributed by atoms with van der Waals surface area (Å²) < 4.78 is 11.1. The Morgan fingerprint density at radius 1 is 0.667 bits per heavy atom. The van der Waals surface area contributed by atoms with E-state index in [1.165, 1.54) is 11.1 Å². The molecule has 0 aliphatic heterocycles. The lowest BCUT2D eigenvalue weighted by Crippen LogP contribution is -2.80. The van der Waals surface area contributed by atoms with Gasteiger partial charge in [-0.15, -0.1) is 0 Å². The molecule has 0 aliphatic carbocycles. The monoisotopic (exact) mass is 320 g/mol. The van der Waals surface area contributed by atoms with Crippen molar-refractivity contribution < 1.29 is 14.8 Å². The summed E-state index contributed by atoms with van der Waals surface area (Å²) in [5.74, 6) is 2.62. The van der Waals surface area contributed by atoms with Gasteiger partial charge in [-0.05, 0) is 48.5 Å². The van der Waals surface area contributed by atoms with Gasteiger partial charge < -0.3 is 14.8 Å². The summed E-state index contributed by atoms with van der Waals surface area (Å²) in [7, 11) is 1.69. The molecule has 0 aromatic heterocycles. The first-order valence-corrected chi connectivity index (χ1v) is 8.10. The van der Waals surface area contributed by atoms with Crippen molar-refractivity contribution in [1.29, 1.82) is 0 Å². The second kappa shape index (κ2) is 8.18. The molecule has 0 fully saturated rings. The van der Waals surface area contributed by atoms with Gasteiger partial charge in [-0.2, -0.15) is 0 Å². The molecule has 3 aromatic rings. The molecule has 0 heterocycles. The Morgan fingerprint density at radius 3 is 2.12 bits per heavy atom. The average molecular weight is 320 g/mol. The molecule has 0 unspecified atom stereocenters. The SMILES string of the molecule is COc1ccc(C[NH2+]Cc2cccc(Oc3ccccc3)c2)cc1. The van der Waals surface area contributed by atoms with Crippen molar-refractivity contribution in [3.8, 4) is 17.2 Å². The van der Waals surface area contributed by atoms with Gasteiger partial charge in [0.15, 0.2) is 0 Å². The van der Waals surface area contributed by atoms with Gasteiger partial charge in [-0.25, -0.2) is 0 Å². The molecular weight excluding hydrogens is 298 g/mol. The van der Waals surface area contributed by atoms with Crippen LogP contribution in [0.4, 0.5) is 0 Å². The van der Waals surface area contributed by atoms with E-state index in [-0.39, 0.29) is 0 Å². The van der Waals surface area contributed by atoms with Crippen molar-refractivity contribution in [3.63, 3.8) is 0 Å². The molecule has 0 radical (unpaired) electrons. The van der Waals surface area contributed by atoms with Gasteiger partial charge in [-0.1, -0.05) is 30.3 Å². The zero-order valence-corrected chi connectivity index (χ0v) is 13.8. The number of hydrogen-bond donors (Lipinski definition) is 1. The van der Waals surface area contributed by atoms with Crippen molar-refractivity contribution in [2.75, 3.05) is 7.11 Å². The molecule has 0 atom stereocenters. The fourth-order valence-electron chi connectivity index (χ4n) is 2.53. The zero-order valence-electron chi connectivity index (χ0n) is 13.8. The second-order valence-electron chi connectivity index (χ2n) is 5.61. The van der Waals surface area contributed by atoms with Crippen LogP contribution in [0.1, 0.15) is 11.1 Å². The summed E-state index contributed by atoms with van der Waals surface area (Å²) >= 11 is 0. The van der Waals surface area contributed by atoms with Crippen molar-refractivity contribution >= 4 is 0 Å². The van der Waals surface area contributed by atoms with Gasteiger partial charge in [0.1, 0.15) is 30.3 Å². The number of benzene rings is 3. The highest BCUT2D eigenvalue weighted by atomic mass is 16.5. The lowest BCUT2D eigenvalue weighted by atomic mass is 10.2. The molecule has 0 aliphatic rings. The van der Waals surface area contributed by atoms with E-state index in [4.69, 9.17) is 9.47 Å². The zero-order chi connectivity index (χ0) is 16.6. The molecule has 0 saturated heterocycles. The lowest BCUT2D eigenvalue weighted by Gasteiger charge is -2.07. The Balaban J connectivity index is 1.54. The van der Waals surface area contributed by atoms with Crippen molar-refractivity contribution in [3.05, 3.63) is 90.0 Å². The number of rotatable bonds is 7. The van der Waals surface area contributed by atoms with Gasteiger partial charge in [0.25, 0.3) is 0 Å². The van der Waals surface area contributed by atoms with E-state index in [0.717, 1.165) is 30.3 Å². The van der Waals surface area contributed by atoms with E-state index in [1.807, 2.05) is 54.6 Å². The number of methoxy groups -OCH3 is 1. The third-order valence-electron chi connectivity index (χ3n) is 3.80. The van der Waals surface area contributed by atoms with Gasteiger partial charge in [0.2, 0.25) is 0 Å². The van der Waals surface area contributed by atoms with Crippen molar-refractivity contribution in [2.45, 2.75) is 13.1 Å². The van der Waals surface area contributed by atoms with E-state index >= 15 is 0 Å². The summed E-state index contributed by atoms with van der Waals surface area (Å²) in [4.78, 5) is 0. The van der Waals surface area contributed by atoms with Crippen LogP contribution in [0.5, 0.6) is 17.2 Å². The van der Waals surface area contributed by atoms with E-state index in [0.29, 0.717) is 0 Å². The Kier molecular flexibility index (Phi) is 5.48. The normalized spacial score (nSPS) is 10.4. The minimum absolute atomic E-state index is 0.858. The first-order chi connectivity index (χ1) is 11.8. The number of ether oxygens (including phenoxy) is 2. The molecule has 0 bridgehead atoms. The third-order valence-corrected chi connectivity index (χ3v) is 3.80. The standard InChI is InChI=1S/C21H21NO2/c1-23-19-12-10-17(11-13-19)15-22-16-18-6-5-9-21(14-18)24-20-7-3-2-4-8-20/h2-14,22H,15-16H2,1H3/p+1. The molecule has 24 heavy (non-hydrogen) atoms. The maximum absolute atomic E-state index is 5.88. The first kappa shape index (κ1) is 16.1. The molecule has 0 spiro atoms. The Morgan fingerprint density at radius 2 is 1.38 bits per heavy atom. The molecule has 0 amide bonds. The van der Waals surface area contributed by atoms with Crippen LogP contribution in [0.3, 0.4) is 0 Å². The van der Waals surface area contributed by atoms with Crippen LogP contribution in [0.2, 0.25) is 0 Å². The fraction of sp³-hybridized carbons (Fsp3) is 0.143. The van der Waals surface area contributed by atoms with Crippen LogP contribution in [0, 0.1) is 0 Å². The largest absolute Gasteiger partial charge is 0.497 e. The maximum Gasteiger partial charge on any atom is 0.127 e. The predicted molar refractivity (Wildman–Crippen MR) is 95.3 cm³/mol. The number of hydrogen-bond acceptors (Lipinski definition) is 2. The average Bonchev–Trinajstić information content (AvgIpc) is 2.63. The van der Waals surface area contributed by atoms with Crippen LogP contribution in [-0.4, -0.2) is 7.11 Å². The number of para-hydroxylation sites is 1. The molecule has 2 N–H and O–H groups in total.